The molecule has 0 nitrogen and oxygen atoms in total. The molecule has 0 unspecified atom stereocenters. The van der Waals surface area contributed by atoms with E-state index in [0.29, 0.717) is 0 Å². The highest BCUT2D eigenvalue weighted by molar-refractivity contribution is 6.09. The molecule has 0 bridgehead atoms. The highest BCUT2D eigenvalue weighted by atomic mass is 19.1. The zero-order valence-corrected chi connectivity index (χ0v) is 7.89. The molecule has 64 valence electrons. The fourth-order valence-corrected chi connectivity index (χ4v) is 1.11. The van der Waals surface area contributed by atoms with Crippen molar-refractivity contribution >= 4 is 7.85 Å². The van der Waals surface area contributed by atoms with Crippen molar-refractivity contribution in [3.63, 3.8) is 0 Å². The highest BCUT2D eigenvalue weighted by Gasteiger charge is 2.16. The Labute approximate surface area is 74.2 Å². The summed E-state index contributed by atoms with van der Waals surface area (Å²) in [7, 11) is 2.14. The van der Waals surface area contributed by atoms with Crippen LogP contribution < -0.4 is 0 Å². The second kappa shape index (κ2) is 3.30. The summed E-state index contributed by atoms with van der Waals surface area (Å²) in [5.74, 6) is -0.161. The first-order valence-electron chi connectivity index (χ1n) is 4.32. The second-order valence-electron chi connectivity index (χ2n) is 3.74. The number of rotatable bonds is 2. The van der Waals surface area contributed by atoms with Gasteiger partial charge in [-0.1, -0.05) is 32.3 Å². The van der Waals surface area contributed by atoms with Gasteiger partial charge >= 0.3 is 0 Å². The van der Waals surface area contributed by atoms with Gasteiger partial charge in [-0.25, -0.2) is 4.39 Å². The van der Waals surface area contributed by atoms with Crippen LogP contribution in [0.25, 0.3) is 0 Å². The molecule has 1 rings (SSSR count). The smallest absolute Gasteiger partial charge is 0.123 e. The van der Waals surface area contributed by atoms with Crippen LogP contribution in [0.1, 0.15) is 19.4 Å². The molecule has 0 spiro atoms. The molecule has 0 amide bonds. The van der Waals surface area contributed by atoms with E-state index in [9.17, 15) is 4.39 Å². The van der Waals surface area contributed by atoms with E-state index < -0.39 is 0 Å². The fourth-order valence-electron chi connectivity index (χ4n) is 1.11. The van der Waals surface area contributed by atoms with E-state index in [1.54, 1.807) is 0 Å². The molecular weight excluding hydrogens is 150 g/mol. The maximum Gasteiger partial charge on any atom is 0.123 e. The largest absolute Gasteiger partial charge is 0.207 e. The van der Waals surface area contributed by atoms with Crippen LogP contribution in [0.4, 0.5) is 4.39 Å². The van der Waals surface area contributed by atoms with Crippen LogP contribution >= 0.6 is 0 Å². The molecule has 0 saturated carbocycles. The minimum atomic E-state index is -0.161. The predicted octanol–water partition coefficient (Wildman–Crippen LogP) is 2.15. The number of halogens is 1. The minimum absolute atomic E-state index is 0.160. The van der Waals surface area contributed by atoms with Crippen LogP contribution in [-0.2, 0) is 5.41 Å². The first-order valence-corrected chi connectivity index (χ1v) is 4.32. The molecule has 0 aliphatic carbocycles. The molecule has 0 fully saturated rings. The third kappa shape index (κ3) is 1.87. The van der Waals surface area contributed by atoms with Gasteiger partial charge in [-0.3, -0.25) is 0 Å². The van der Waals surface area contributed by atoms with Gasteiger partial charge in [0.15, 0.2) is 0 Å². The molecular formula is C10H14BF. The van der Waals surface area contributed by atoms with E-state index in [0.717, 1.165) is 6.32 Å². The van der Waals surface area contributed by atoms with Crippen molar-refractivity contribution in [2.45, 2.75) is 25.6 Å². The predicted molar refractivity (Wildman–Crippen MR) is 52.8 cm³/mol. The maximum absolute atomic E-state index is 12.6. The number of hydrogen-bond donors (Lipinski definition) is 0. The molecule has 0 radical (unpaired) electrons. The molecule has 0 N–H and O–H groups in total. The SMILES string of the molecule is BCC(C)(C)c1ccc(F)cc1. The first-order chi connectivity index (χ1) is 5.56. The lowest BCUT2D eigenvalue weighted by atomic mass is 9.74. The number of hydrogen-bond acceptors (Lipinski definition) is 0. The van der Waals surface area contributed by atoms with Crippen molar-refractivity contribution in [3.05, 3.63) is 35.6 Å². The molecule has 0 aromatic heterocycles. The van der Waals surface area contributed by atoms with Crippen LogP contribution in [0.15, 0.2) is 24.3 Å². The van der Waals surface area contributed by atoms with E-state index in [1.165, 1.54) is 17.7 Å². The summed E-state index contributed by atoms with van der Waals surface area (Å²) in [5, 5.41) is 0. The third-order valence-electron chi connectivity index (χ3n) is 2.51. The quantitative estimate of drug-likeness (QED) is 0.587. The Morgan fingerprint density at radius 2 is 1.75 bits per heavy atom. The van der Waals surface area contributed by atoms with Crippen molar-refractivity contribution in [3.8, 4) is 0 Å². The van der Waals surface area contributed by atoms with Crippen LogP contribution in [0.2, 0.25) is 6.32 Å². The van der Waals surface area contributed by atoms with E-state index in [1.807, 2.05) is 12.1 Å². The van der Waals surface area contributed by atoms with Crippen molar-refractivity contribution in [1.82, 2.24) is 0 Å². The van der Waals surface area contributed by atoms with Gasteiger partial charge in [-0.15, -0.1) is 0 Å². The summed E-state index contributed by atoms with van der Waals surface area (Å²) >= 11 is 0. The average molecular weight is 164 g/mol. The van der Waals surface area contributed by atoms with E-state index in [4.69, 9.17) is 0 Å². The summed E-state index contributed by atoms with van der Waals surface area (Å²) in [4.78, 5) is 0. The molecule has 0 saturated heterocycles. The van der Waals surface area contributed by atoms with Crippen molar-refractivity contribution in [2.75, 3.05) is 0 Å². The molecule has 0 aliphatic heterocycles. The van der Waals surface area contributed by atoms with Gasteiger partial charge in [-0.05, 0) is 23.1 Å². The molecule has 1 aromatic carbocycles. The van der Waals surface area contributed by atoms with Gasteiger partial charge in [0, 0.05) is 0 Å². The Balaban J connectivity index is 2.96. The Kier molecular flexibility index (Phi) is 2.56. The first kappa shape index (κ1) is 9.30. The van der Waals surface area contributed by atoms with Gasteiger partial charge in [0.1, 0.15) is 13.7 Å². The van der Waals surface area contributed by atoms with Gasteiger partial charge in [0.2, 0.25) is 0 Å². The number of benzene rings is 1. The molecule has 2 heteroatoms. The van der Waals surface area contributed by atoms with E-state index >= 15 is 0 Å². The van der Waals surface area contributed by atoms with Crippen LogP contribution in [-0.4, -0.2) is 7.85 Å². The van der Waals surface area contributed by atoms with Gasteiger partial charge in [0.25, 0.3) is 0 Å². The second-order valence-corrected chi connectivity index (χ2v) is 3.74. The summed E-state index contributed by atoms with van der Waals surface area (Å²) in [6, 6.07) is 6.76. The van der Waals surface area contributed by atoms with Gasteiger partial charge in [0.05, 0.1) is 0 Å². The van der Waals surface area contributed by atoms with Crippen molar-refractivity contribution < 1.29 is 4.39 Å². The van der Waals surface area contributed by atoms with Crippen molar-refractivity contribution in [2.24, 2.45) is 0 Å². The standard InChI is InChI=1S/C10H14BF/c1-10(2,7-11)8-3-5-9(12)6-4-8/h3-6H,7,11H2,1-2H3. The van der Waals surface area contributed by atoms with Crippen LogP contribution in [0, 0.1) is 5.82 Å². The summed E-state index contributed by atoms with van der Waals surface area (Å²) in [6.07, 6.45) is 1.07. The Bertz CT molecular complexity index is 251. The van der Waals surface area contributed by atoms with E-state index in [-0.39, 0.29) is 11.2 Å². The lowest BCUT2D eigenvalue weighted by Crippen LogP contribution is -2.15. The summed E-state index contributed by atoms with van der Waals surface area (Å²) in [5.41, 5.74) is 1.36. The molecule has 0 atom stereocenters. The monoisotopic (exact) mass is 164 g/mol. The molecule has 1 aromatic rings. The van der Waals surface area contributed by atoms with Crippen LogP contribution in [0.5, 0.6) is 0 Å². The average Bonchev–Trinajstić information content (AvgIpc) is 2.05. The zero-order valence-electron chi connectivity index (χ0n) is 7.89. The van der Waals surface area contributed by atoms with Gasteiger partial charge in [-0.2, -0.15) is 0 Å². The molecule has 0 heterocycles. The lowest BCUT2D eigenvalue weighted by molar-refractivity contribution is 0.582. The maximum atomic E-state index is 12.6. The Hall–Kier alpha value is -0.785. The lowest BCUT2D eigenvalue weighted by Gasteiger charge is -2.23. The van der Waals surface area contributed by atoms with Crippen LogP contribution in [0.3, 0.4) is 0 Å². The minimum Gasteiger partial charge on any atom is -0.207 e. The Morgan fingerprint density at radius 3 is 2.17 bits per heavy atom. The summed E-state index contributed by atoms with van der Waals surface area (Å²) < 4.78 is 12.6. The highest BCUT2D eigenvalue weighted by Crippen LogP contribution is 2.25. The zero-order chi connectivity index (χ0) is 9.19. The van der Waals surface area contributed by atoms with Gasteiger partial charge < -0.3 is 0 Å². The fraction of sp³-hybridized carbons (Fsp3) is 0.400. The van der Waals surface area contributed by atoms with E-state index in [2.05, 4.69) is 21.7 Å². The topological polar surface area (TPSA) is 0 Å². The normalized spacial score (nSPS) is 11.6. The molecule has 12 heavy (non-hydrogen) atoms. The third-order valence-corrected chi connectivity index (χ3v) is 2.51. The van der Waals surface area contributed by atoms with Crippen molar-refractivity contribution in [1.29, 1.82) is 0 Å². The molecule has 0 aliphatic rings. The Morgan fingerprint density at radius 1 is 1.25 bits per heavy atom. The summed E-state index contributed by atoms with van der Waals surface area (Å²) in [6.45, 7) is 4.33.